The molecule has 2 aromatic rings. The molecular formula is C19H19NO3S2. The van der Waals surface area contributed by atoms with E-state index >= 15 is 0 Å². The number of hydrogen-bond donors (Lipinski definition) is 2. The highest BCUT2D eigenvalue weighted by molar-refractivity contribution is 8.16. The maximum Gasteiger partial charge on any atom is 0.307 e. The van der Waals surface area contributed by atoms with E-state index in [2.05, 4.69) is 5.32 Å². The molecule has 2 aromatic carbocycles. The SMILES string of the molecule is O=C(O)Cc1ccc(NC(=O)c2ccc(C3SCCCS3)cc2)cc1. The second kappa shape index (κ2) is 8.45. The molecule has 3 rings (SSSR count). The van der Waals surface area contributed by atoms with Gasteiger partial charge in [0.05, 0.1) is 11.0 Å². The third kappa shape index (κ3) is 5.03. The Bertz CT molecular complexity index is 738. The molecule has 0 radical (unpaired) electrons. The van der Waals surface area contributed by atoms with Crippen LogP contribution >= 0.6 is 23.5 Å². The summed E-state index contributed by atoms with van der Waals surface area (Å²) >= 11 is 3.92. The maximum absolute atomic E-state index is 12.3. The summed E-state index contributed by atoms with van der Waals surface area (Å²) in [6.07, 6.45) is 1.24. The lowest BCUT2D eigenvalue weighted by Gasteiger charge is -2.21. The highest BCUT2D eigenvalue weighted by Gasteiger charge is 2.17. The Morgan fingerprint density at radius 2 is 1.64 bits per heavy atom. The second-order valence-electron chi connectivity index (χ2n) is 5.77. The molecule has 1 heterocycles. The molecule has 1 amide bonds. The zero-order valence-electron chi connectivity index (χ0n) is 13.6. The van der Waals surface area contributed by atoms with Gasteiger partial charge in [0, 0.05) is 11.3 Å². The Labute approximate surface area is 155 Å². The van der Waals surface area contributed by atoms with E-state index in [0.717, 1.165) is 0 Å². The van der Waals surface area contributed by atoms with Gasteiger partial charge in [-0.2, -0.15) is 0 Å². The molecule has 0 aliphatic carbocycles. The standard InChI is InChI=1S/C19H19NO3S2/c21-17(22)12-13-2-8-16(9-3-13)20-18(23)14-4-6-15(7-5-14)19-24-10-1-11-25-19/h2-9,19H,1,10-12H2,(H,20,23)(H,21,22). The minimum atomic E-state index is -0.869. The normalized spacial score (nSPS) is 14.9. The lowest BCUT2D eigenvalue weighted by atomic mass is 10.1. The number of rotatable bonds is 5. The zero-order valence-corrected chi connectivity index (χ0v) is 15.2. The summed E-state index contributed by atoms with van der Waals surface area (Å²) in [7, 11) is 0. The van der Waals surface area contributed by atoms with E-state index in [1.165, 1.54) is 23.5 Å². The van der Waals surface area contributed by atoms with Crippen LogP contribution in [0.25, 0.3) is 0 Å². The second-order valence-corrected chi connectivity index (χ2v) is 8.50. The predicted molar refractivity (Wildman–Crippen MR) is 104 cm³/mol. The molecule has 0 bridgehead atoms. The van der Waals surface area contributed by atoms with Crippen molar-refractivity contribution in [2.75, 3.05) is 16.8 Å². The first kappa shape index (κ1) is 17.9. The van der Waals surface area contributed by atoms with Gasteiger partial charge < -0.3 is 10.4 Å². The fourth-order valence-electron chi connectivity index (χ4n) is 2.56. The van der Waals surface area contributed by atoms with Gasteiger partial charge in [-0.25, -0.2) is 0 Å². The Kier molecular flexibility index (Phi) is 6.04. The monoisotopic (exact) mass is 373 g/mol. The van der Waals surface area contributed by atoms with E-state index < -0.39 is 5.97 Å². The number of carboxylic acid groups (broad SMARTS) is 1. The zero-order chi connectivity index (χ0) is 17.6. The molecule has 0 atom stereocenters. The smallest absolute Gasteiger partial charge is 0.307 e. The van der Waals surface area contributed by atoms with Crippen LogP contribution < -0.4 is 5.32 Å². The minimum Gasteiger partial charge on any atom is -0.481 e. The molecule has 4 nitrogen and oxygen atoms in total. The van der Waals surface area contributed by atoms with Crippen LogP contribution in [-0.2, 0) is 11.2 Å². The molecule has 0 spiro atoms. The third-order valence-electron chi connectivity index (χ3n) is 3.84. The van der Waals surface area contributed by atoms with Gasteiger partial charge in [-0.05, 0) is 53.3 Å². The van der Waals surface area contributed by atoms with Crippen LogP contribution in [-0.4, -0.2) is 28.5 Å². The highest BCUT2D eigenvalue weighted by atomic mass is 32.2. The number of amides is 1. The average Bonchev–Trinajstić information content (AvgIpc) is 2.64. The number of hydrogen-bond acceptors (Lipinski definition) is 4. The Morgan fingerprint density at radius 1 is 1.00 bits per heavy atom. The first-order chi connectivity index (χ1) is 12.1. The van der Waals surface area contributed by atoms with Crippen LogP contribution in [0.2, 0.25) is 0 Å². The van der Waals surface area contributed by atoms with Crippen LogP contribution in [0.1, 0.15) is 32.5 Å². The number of carbonyl (C=O) groups is 2. The molecule has 2 N–H and O–H groups in total. The summed E-state index contributed by atoms with van der Waals surface area (Å²) < 4.78 is 0.465. The van der Waals surface area contributed by atoms with E-state index in [0.29, 0.717) is 21.4 Å². The molecule has 1 aliphatic rings. The van der Waals surface area contributed by atoms with E-state index in [9.17, 15) is 9.59 Å². The van der Waals surface area contributed by atoms with Crippen molar-refractivity contribution in [2.24, 2.45) is 0 Å². The first-order valence-electron chi connectivity index (χ1n) is 8.07. The van der Waals surface area contributed by atoms with Crippen LogP contribution in [0.4, 0.5) is 5.69 Å². The van der Waals surface area contributed by atoms with Crippen molar-refractivity contribution in [3.63, 3.8) is 0 Å². The van der Waals surface area contributed by atoms with Crippen molar-refractivity contribution in [2.45, 2.75) is 17.4 Å². The summed E-state index contributed by atoms with van der Waals surface area (Å²) in [6.45, 7) is 0. The Balaban J connectivity index is 1.61. The predicted octanol–water partition coefficient (Wildman–Crippen LogP) is 4.43. The number of anilines is 1. The van der Waals surface area contributed by atoms with Gasteiger partial charge >= 0.3 is 5.97 Å². The first-order valence-corrected chi connectivity index (χ1v) is 10.2. The maximum atomic E-state index is 12.3. The Hall–Kier alpha value is -1.92. The number of carboxylic acids is 1. The van der Waals surface area contributed by atoms with E-state index in [4.69, 9.17) is 5.11 Å². The molecule has 0 aromatic heterocycles. The van der Waals surface area contributed by atoms with Crippen molar-refractivity contribution in [3.8, 4) is 0 Å². The van der Waals surface area contributed by atoms with Gasteiger partial charge in [0.1, 0.15) is 0 Å². The number of aliphatic carboxylic acids is 1. The van der Waals surface area contributed by atoms with Gasteiger partial charge in [-0.15, -0.1) is 23.5 Å². The van der Waals surface area contributed by atoms with Crippen LogP contribution in [0.15, 0.2) is 48.5 Å². The van der Waals surface area contributed by atoms with E-state index in [-0.39, 0.29) is 12.3 Å². The highest BCUT2D eigenvalue weighted by Crippen LogP contribution is 2.43. The summed E-state index contributed by atoms with van der Waals surface area (Å²) in [4.78, 5) is 23.0. The van der Waals surface area contributed by atoms with Gasteiger partial charge in [0.25, 0.3) is 5.91 Å². The van der Waals surface area contributed by atoms with Crippen molar-refractivity contribution in [1.82, 2.24) is 0 Å². The summed E-state index contributed by atoms with van der Waals surface area (Å²) in [5.41, 5.74) is 3.23. The summed E-state index contributed by atoms with van der Waals surface area (Å²) in [5.74, 6) is 1.35. The largest absolute Gasteiger partial charge is 0.481 e. The molecule has 1 saturated heterocycles. The molecule has 1 aliphatic heterocycles. The van der Waals surface area contributed by atoms with Crippen LogP contribution in [0, 0.1) is 0 Å². The lowest BCUT2D eigenvalue weighted by molar-refractivity contribution is -0.136. The van der Waals surface area contributed by atoms with Gasteiger partial charge in [-0.3, -0.25) is 9.59 Å². The fourth-order valence-corrected chi connectivity index (χ4v) is 5.45. The minimum absolute atomic E-state index is 0.0210. The quantitative estimate of drug-likeness (QED) is 0.811. The van der Waals surface area contributed by atoms with E-state index in [1.807, 2.05) is 47.8 Å². The molecule has 0 unspecified atom stereocenters. The number of carbonyl (C=O) groups excluding carboxylic acids is 1. The van der Waals surface area contributed by atoms with Crippen molar-refractivity contribution in [3.05, 3.63) is 65.2 Å². The van der Waals surface area contributed by atoms with E-state index in [1.54, 1.807) is 24.3 Å². The lowest BCUT2D eigenvalue weighted by Crippen LogP contribution is -2.12. The Morgan fingerprint density at radius 3 is 2.24 bits per heavy atom. The van der Waals surface area contributed by atoms with Crippen LogP contribution in [0.3, 0.4) is 0 Å². The molecule has 0 saturated carbocycles. The third-order valence-corrected chi connectivity index (χ3v) is 6.85. The molecular weight excluding hydrogens is 354 g/mol. The van der Waals surface area contributed by atoms with Crippen molar-refractivity contribution >= 4 is 41.1 Å². The topological polar surface area (TPSA) is 66.4 Å². The molecule has 25 heavy (non-hydrogen) atoms. The number of benzene rings is 2. The van der Waals surface area contributed by atoms with Gasteiger partial charge in [-0.1, -0.05) is 24.3 Å². The van der Waals surface area contributed by atoms with Crippen LogP contribution in [0.5, 0.6) is 0 Å². The van der Waals surface area contributed by atoms with Gasteiger partial charge in [0.2, 0.25) is 0 Å². The van der Waals surface area contributed by atoms with Crippen molar-refractivity contribution in [1.29, 1.82) is 0 Å². The number of nitrogens with one attached hydrogen (secondary N) is 1. The number of thioether (sulfide) groups is 2. The van der Waals surface area contributed by atoms with Crippen molar-refractivity contribution < 1.29 is 14.7 Å². The molecule has 130 valence electrons. The average molecular weight is 373 g/mol. The summed E-state index contributed by atoms with van der Waals surface area (Å²) in [6, 6.07) is 14.6. The fraction of sp³-hybridized carbons (Fsp3) is 0.263. The molecule has 1 fully saturated rings. The van der Waals surface area contributed by atoms with Gasteiger partial charge in [0.15, 0.2) is 0 Å². The summed E-state index contributed by atoms with van der Waals surface area (Å²) in [5, 5.41) is 11.6. The molecule has 6 heteroatoms.